The molecule has 0 aliphatic heterocycles. The summed E-state index contributed by atoms with van der Waals surface area (Å²) in [6.45, 7) is 7.03. The van der Waals surface area contributed by atoms with Crippen molar-refractivity contribution in [2.45, 2.75) is 32.4 Å². The maximum Gasteiger partial charge on any atom is 0.351 e. The number of hydrogen-bond acceptors (Lipinski definition) is 9. The van der Waals surface area contributed by atoms with Crippen LogP contribution in [0.15, 0.2) is 36.4 Å². The lowest BCUT2D eigenvalue weighted by Crippen LogP contribution is -2.96. The molecule has 2 aromatic carbocycles. The second-order valence-corrected chi connectivity index (χ2v) is 8.76. The van der Waals surface area contributed by atoms with Crippen molar-refractivity contribution in [1.82, 2.24) is 0 Å². The number of aliphatic hydroxyl groups excluding tert-OH is 1. The largest absolute Gasteiger partial charge is 0.539 e. The molecule has 0 aliphatic rings. The molecule has 0 bridgehead atoms. The van der Waals surface area contributed by atoms with Crippen molar-refractivity contribution < 1.29 is 54.0 Å². The van der Waals surface area contributed by atoms with Gasteiger partial charge < -0.3 is 49.7 Å². The standard InChI is InChI=1S/C23H32N2O6.C2H2O4/c1-23(2,3)24-13-17(26)14-31-18-9-7-16(8-10-18)25-22(27)15-11-19(28-4)21(30-6)20(12-15)29-5;3-1(4)2(5)6/h7-12,17,24,26H,13-14H2,1-6H3,(H,25,27);(H,3,4)(H,5,6). The van der Waals surface area contributed by atoms with E-state index in [2.05, 4.69) is 31.4 Å². The average Bonchev–Trinajstić information content (AvgIpc) is 2.85. The molecule has 2 aromatic rings. The van der Waals surface area contributed by atoms with Crippen LogP contribution in [0.25, 0.3) is 0 Å². The molecule has 0 radical (unpaired) electrons. The summed E-state index contributed by atoms with van der Waals surface area (Å²) >= 11 is 0. The van der Waals surface area contributed by atoms with Crippen molar-refractivity contribution in [2.75, 3.05) is 39.8 Å². The number of anilines is 1. The van der Waals surface area contributed by atoms with Crippen molar-refractivity contribution in [3.63, 3.8) is 0 Å². The zero-order valence-electron chi connectivity index (χ0n) is 21.7. The summed E-state index contributed by atoms with van der Waals surface area (Å²) in [6, 6.07) is 10.1. The van der Waals surface area contributed by atoms with Gasteiger partial charge in [-0.15, -0.1) is 0 Å². The fourth-order valence-electron chi connectivity index (χ4n) is 2.80. The molecule has 0 aliphatic carbocycles. The number of benzene rings is 2. The van der Waals surface area contributed by atoms with Gasteiger partial charge in [0, 0.05) is 11.3 Å². The van der Waals surface area contributed by atoms with E-state index in [-0.39, 0.29) is 18.1 Å². The van der Waals surface area contributed by atoms with Crippen LogP contribution in [0.1, 0.15) is 31.1 Å². The van der Waals surface area contributed by atoms with Gasteiger partial charge in [-0.1, -0.05) is 0 Å². The molecule has 12 nitrogen and oxygen atoms in total. The summed E-state index contributed by atoms with van der Waals surface area (Å²) in [6.07, 6.45) is -0.571. The van der Waals surface area contributed by atoms with Gasteiger partial charge in [-0.2, -0.15) is 0 Å². The number of aliphatic hydroxyl groups is 1. The number of aliphatic carboxylic acids is 2. The zero-order valence-corrected chi connectivity index (χ0v) is 21.7. The van der Waals surface area contributed by atoms with Gasteiger partial charge >= 0.3 is 5.97 Å². The third-order valence-electron chi connectivity index (χ3n) is 4.66. The summed E-state index contributed by atoms with van der Waals surface area (Å²) in [5.41, 5.74) is 1.03. The molecular formula is C25H34N2O10. The van der Waals surface area contributed by atoms with Crippen LogP contribution in [0.4, 0.5) is 5.69 Å². The van der Waals surface area contributed by atoms with Gasteiger partial charge in [0.1, 0.15) is 25.0 Å². The number of nitrogens with one attached hydrogen (secondary N) is 1. The van der Waals surface area contributed by atoms with Gasteiger partial charge in [0.2, 0.25) is 5.75 Å². The second kappa shape index (κ2) is 14.5. The van der Waals surface area contributed by atoms with Crippen LogP contribution in [0, 0.1) is 0 Å². The summed E-state index contributed by atoms with van der Waals surface area (Å²) < 4.78 is 21.5. The van der Waals surface area contributed by atoms with E-state index < -0.39 is 18.0 Å². The molecule has 2 rings (SSSR count). The van der Waals surface area contributed by atoms with Crippen LogP contribution in [0.5, 0.6) is 23.0 Å². The lowest BCUT2D eigenvalue weighted by Gasteiger charge is -2.19. The highest BCUT2D eigenvalue weighted by atomic mass is 16.5. The van der Waals surface area contributed by atoms with E-state index in [9.17, 15) is 9.90 Å². The Morgan fingerprint density at radius 3 is 1.92 bits per heavy atom. The van der Waals surface area contributed by atoms with Gasteiger partial charge in [0.05, 0.1) is 26.9 Å². The number of ether oxygens (including phenoxy) is 4. The first-order valence-electron chi connectivity index (χ1n) is 11.1. The average molecular weight is 523 g/mol. The molecule has 204 valence electrons. The number of amides is 1. The molecule has 37 heavy (non-hydrogen) atoms. The van der Waals surface area contributed by atoms with Gasteiger partial charge in [0.15, 0.2) is 17.5 Å². The number of carbonyl (C=O) groups is 3. The minimum Gasteiger partial charge on any atom is -0.539 e. The van der Waals surface area contributed by atoms with Crippen LogP contribution in [-0.4, -0.2) is 74.2 Å². The topological polar surface area (TPSA) is 180 Å². The van der Waals surface area contributed by atoms with Gasteiger partial charge in [-0.25, -0.2) is 4.79 Å². The summed E-state index contributed by atoms with van der Waals surface area (Å²) in [5.74, 6) is -2.49. The second-order valence-electron chi connectivity index (χ2n) is 8.76. The lowest BCUT2D eigenvalue weighted by molar-refractivity contribution is -0.722. The first-order chi connectivity index (χ1) is 17.3. The Kier molecular flexibility index (Phi) is 12.2. The SMILES string of the molecule is COc1cc(C(=O)Nc2ccc(OCC(O)C[NH2+]C(C)(C)C)cc2)cc(OC)c1OC.O=C([O-])C(=O)O. The molecule has 0 saturated carbocycles. The fraction of sp³-hybridized carbons (Fsp3) is 0.400. The van der Waals surface area contributed by atoms with E-state index in [1.165, 1.54) is 21.3 Å². The molecule has 12 heteroatoms. The predicted octanol–water partition coefficient (Wildman–Crippen LogP) is -0.113. The fourth-order valence-corrected chi connectivity index (χ4v) is 2.80. The molecule has 1 unspecified atom stereocenters. The molecule has 0 saturated heterocycles. The minimum atomic E-state index is -2.07. The molecule has 0 aromatic heterocycles. The van der Waals surface area contributed by atoms with Crippen LogP contribution in [-0.2, 0) is 9.59 Å². The van der Waals surface area contributed by atoms with Crippen LogP contribution >= 0.6 is 0 Å². The van der Waals surface area contributed by atoms with Crippen molar-refractivity contribution in [3.8, 4) is 23.0 Å². The highest BCUT2D eigenvalue weighted by Gasteiger charge is 2.18. The van der Waals surface area contributed by atoms with Crippen molar-refractivity contribution in [2.24, 2.45) is 0 Å². The Hall–Kier alpha value is -4.03. The van der Waals surface area contributed by atoms with E-state index in [1.54, 1.807) is 36.4 Å². The van der Waals surface area contributed by atoms with Crippen LogP contribution in [0.3, 0.4) is 0 Å². The maximum absolute atomic E-state index is 12.7. The molecular weight excluding hydrogens is 488 g/mol. The van der Waals surface area contributed by atoms with E-state index in [1.807, 2.05) is 0 Å². The summed E-state index contributed by atoms with van der Waals surface area (Å²) in [7, 11) is 4.50. The molecule has 1 atom stereocenters. The predicted molar refractivity (Wildman–Crippen MR) is 131 cm³/mol. The van der Waals surface area contributed by atoms with Crippen molar-refractivity contribution in [1.29, 1.82) is 0 Å². The minimum absolute atomic E-state index is 0.0543. The van der Waals surface area contributed by atoms with Crippen LogP contribution in [0.2, 0.25) is 0 Å². The molecule has 0 fully saturated rings. The Morgan fingerprint density at radius 1 is 1.00 bits per heavy atom. The monoisotopic (exact) mass is 522 g/mol. The third kappa shape index (κ3) is 11.1. The summed E-state index contributed by atoms with van der Waals surface area (Å²) in [4.78, 5) is 30.7. The number of hydrogen-bond donors (Lipinski definition) is 4. The number of methoxy groups -OCH3 is 3. The number of rotatable bonds is 10. The van der Waals surface area contributed by atoms with Gasteiger partial charge in [-0.05, 0) is 57.2 Å². The zero-order chi connectivity index (χ0) is 28.2. The lowest BCUT2D eigenvalue weighted by atomic mass is 10.1. The maximum atomic E-state index is 12.7. The molecule has 0 heterocycles. The van der Waals surface area contributed by atoms with Crippen molar-refractivity contribution in [3.05, 3.63) is 42.0 Å². The van der Waals surface area contributed by atoms with Crippen LogP contribution < -0.4 is 34.7 Å². The third-order valence-corrected chi connectivity index (χ3v) is 4.66. The molecule has 1 amide bonds. The number of carboxylic acid groups (broad SMARTS) is 2. The first-order valence-corrected chi connectivity index (χ1v) is 11.1. The Bertz CT molecular complexity index is 1010. The highest BCUT2D eigenvalue weighted by Crippen LogP contribution is 2.38. The quantitative estimate of drug-likeness (QED) is 0.307. The van der Waals surface area contributed by atoms with Gasteiger partial charge in [-0.3, -0.25) is 4.79 Å². The molecule has 0 spiro atoms. The summed E-state index contributed by atoms with van der Waals surface area (Å²) in [5, 5.41) is 31.3. The number of nitrogens with two attached hydrogens (primary N) is 1. The van der Waals surface area contributed by atoms with Crippen molar-refractivity contribution >= 4 is 23.5 Å². The highest BCUT2D eigenvalue weighted by molar-refractivity contribution is 6.26. The smallest absolute Gasteiger partial charge is 0.351 e. The normalized spacial score (nSPS) is 11.3. The Labute approximate surface area is 215 Å². The number of quaternary nitrogens is 1. The van der Waals surface area contributed by atoms with E-state index >= 15 is 0 Å². The Balaban J connectivity index is 0.00000102. The van der Waals surface area contributed by atoms with E-state index in [0.717, 1.165) is 0 Å². The first kappa shape index (κ1) is 31.0. The number of carboxylic acids is 2. The van der Waals surface area contributed by atoms with E-state index in [4.69, 9.17) is 38.7 Å². The molecule has 5 N–H and O–H groups in total. The number of carbonyl (C=O) groups excluding carboxylic acids is 2. The van der Waals surface area contributed by atoms with E-state index in [0.29, 0.717) is 40.8 Å². The Morgan fingerprint density at radius 2 is 1.51 bits per heavy atom. The van der Waals surface area contributed by atoms with Gasteiger partial charge in [0.25, 0.3) is 5.91 Å².